The molecule has 0 bridgehead atoms. The van der Waals surface area contributed by atoms with Crippen molar-refractivity contribution >= 4 is 38.4 Å². The van der Waals surface area contributed by atoms with Gasteiger partial charge in [-0.15, -0.1) is 11.3 Å². The molecular formula is C21H21N3O6S2. The monoisotopic (exact) mass is 475 g/mol. The molecule has 32 heavy (non-hydrogen) atoms. The first-order valence-corrected chi connectivity index (χ1v) is 11.6. The summed E-state index contributed by atoms with van der Waals surface area (Å²) in [6.07, 6.45) is 0. The van der Waals surface area contributed by atoms with Gasteiger partial charge in [-0.2, -0.15) is 0 Å². The lowest BCUT2D eigenvalue weighted by Gasteiger charge is -2.11. The molecule has 0 fully saturated rings. The second kappa shape index (κ2) is 9.90. The van der Waals surface area contributed by atoms with Crippen LogP contribution in [0.2, 0.25) is 0 Å². The lowest BCUT2D eigenvalue weighted by molar-refractivity contribution is -0.142. The number of amides is 1. The van der Waals surface area contributed by atoms with Crippen LogP contribution in [0.3, 0.4) is 0 Å². The normalized spacial score (nSPS) is 11.2. The molecule has 0 aliphatic carbocycles. The van der Waals surface area contributed by atoms with E-state index in [0.29, 0.717) is 22.1 Å². The Morgan fingerprint density at radius 1 is 1.12 bits per heavy atom. The van der Waals surface area contributed by atoms with Gasteiger partial charge in [0.05, 0.1) is 17.7 Å². The summed E-state index contributed by atoms with van der Waals surface area (Å²) in [5.74, 6) is -0.556. The molecule has 1 amide bonds. The van der Waals surface area contributed by atoms with Crippen molar-refractivity contribution in [2.75, 3.05) is 33.1 Å². The van der Waals surface area contributed by atoms with Gasteiger partial charge in [-0.25, -0.2) is 22.5 Å². The average molecular weight is 476 g/mol. The van der Waals surface area contributed by atoms with Crippen LogP contribution < -0.4 is 10.1 Å². The number of rotatable bonds is 8. The number of benzene rings is 2. The highest BCUT2D eigenvalue weighted by molar-refractivity contribution is 7.89. The summed E-state index contributed by atoms with van der Waals surface area (Å²) in [5, 5.41) is 4.87. The zero-order valence-corrected chi connectivity index (χ0v) is 19.2. The molecule has 1 aromatic heterocycles. The minimum absolute atomic E-state index is 0.185. The number of nitrogens with zero attached hydrogens (tertiary/aromatic N) is 2. The van der Waals surface area contributed by atoms with Crippen LogP contribution in [0.25, 0.3) is 11.3 Å². The molecule has 11 heteroatoms. The van der Waals surface area contributed by atoms with Gasteiger partial charge in [0.2, 0.25) is 10.0 Å². The van der Waals surface area contributed by atoms with Gasteiger partial charge in [0.25, 0.3) is 5.91 Å². The Kier molecular flexibility index (Phi) is 7.23. The van der Waals surface area contributed by atoms with Gasteiger partial charge in [-0.1, -0.05) is 18.2 Å². The Bertz CT molecular complexity index is 1220. The molecule has 0 radical (unpaired) electrons. The van der Waals surface area contributed by atoms with Crippen LogP contribution in [0.5, 0.6) is 5.75 Å². The van der Waals surface area contributed by atoms with E-state index < -0.39 is 16.0 Å². The van der Waals surface area contributed by atoms with Gasteiger partial charge >= 0.3 is 5.97 Å². The molecule has 0 spiro atoms. The number of esters is 1. The SMILES string of the molecule is COC(=O)COc1cccc(C(=O)Nc2nc(-c3ccc(S(=O)(=O)N(C)C)cc3)cs2)c1. The van der Waals surface area contributed by atoms with Crippen molar-refractivity contribution in [2.24, 2.45) is 0 Å². The number of thiazole rings is 1. The maximum Gasteiger partial charge on any atom is 0.343 e. The number of carbonyl (C=O) groups is 2. The van der Waals surface area contributed by atoms with Crippen molar-refractivity contribution < 1.29 is 27.5 Å². The molecule has 1 heterocycles. The van der Waals surface area contributed by atoms with Crippen LogP contribution in [0, 0.1) is 0 Å². The van der Waals surface area contributed by atoms with E-state index in [2.05, 4.69) is 15.0 Å². The van der Waals surface area contributed by atoms with Gasteiger partial charge < -0.3 is 9.47 Å². The molecule has 168 valence electrons. The van der Waals surface area contributed by atoms with E-state index in [9.17, 15) is 18.0 Å². The third-order valence-corrected chi connectivity index (χ3v) is 6.92. The molecule has 0 atom stereocenters. The number of sulfonamides is 1. The smallest absolute Gasteiger partial charge is 0.343 e. The van der Waals surface area contributed by atoms with Gasteiger partial charge in [-0.05, 0) is 30.3 Å². The fourth-order valence-corrected chi connectivity index (χ4v) is 4.19. The average Bonchev–Trinajstić information content (AvgIpc) is 3.26. The highest BCUT2D eigenvalue weighted by Crippen LogP contribution is 2.27. The van der Waals surface area contributed by atoms with E-state index in [0.717, 1.165) is 9.87 Å². The third-order valence-electron chi connectivity index (χ3n) is 4.33. The third kappa shape index (κ3) is 5.49. The molecule has 2 aromatic carbocycles. The molecule has 3 aromatic rings. The predicted octanol–water partition coefficient (Wildman–Crippen LogP) is 2.86. The Morgan fingerprint density at radius 2 is 1.84 bits per heavy atom. The molecule has 3 rings (SSSR count). The van der Waals surface area contributed by atoms with Crippen molar-refractivity contribution in [3.05, 3.63) is 59.5 Å². The zero-order valence-electron chi connectivity index (χ0n) is 17.6. The maximum absolute atomic E-state index is 12.6. The molecule has 0 unspecified atom stereocenters. The number of anilines is 1. The topological polar surface area (TPSA) is 115 Å². The number of aromatic nitrogens is 1. The minimum Gasteiger partial charge on any atom is -0.482 e. The summed E-state index contributed by atoms with van der Waals surface area (Å²) in [6, 6.07) is 12.7. The Balaban J connectivity index is 1.69. The highest BCUT2D eigenvalue weighted by atomic mass is 32.2. The van der Waals surface area contributed by atoms with Crippen LogP contribution in [-0.4, -0.2) is 57.4 Å². The Hall–Kier alpha value is -3.28. The molecule has 0 aliphatic rings. The number of ether oxygens (including phenoxy) is 2. The Labute approximate surface area is 189 Å². The van der Waals surface area contributed by atoms with Crippen LogP contribution in [0.1, 0.15) is 10.4 Å². The van der Waals surface area contributed by atoms with E-state index in [1.807, 2.05) is 0 Å². The quantitative estimate of drug-likeness (QED) is 0.498. The highest BCUT2D eigenvalue weighted by Gasteiger charge is 2.17. The summed E-state index contributed by atoms with van der Waals surface area (Å²) >= 11 is 1.24. The molecule has 0 saturated heterocycles. The van der Waals surface area contributed by atoms with E-state index >= 15 is 0 Å². The van der Waals surface area contributed by atoms with E-state index in [4.69, 9.17) is 4.74 Å². The molecule has 9 nitrogen and oxygen atoms in total. The minimum atomic E-state index is -3.51. The van der Waals surface area contributed by atoms with Crippen molar-refractivity contribution in [3.63, 3.8) is 0 Å². The summed E-state index contributed by atoms with van der Waals surface area (Å²) in [7, 11) is 0.697. The summed E-state index contributed by atoms with van der Waals surface area (Å²) < 4.78 is 35.3. The number of methoxy groups -OCH3 is 1. The number of carbonyl (C=O) groups excluding carboxylic acids is 2. The second-order valence-electron chi connectivity index (χ2n) is 6.70. The first kappa shape index (κ1) is 23.4. The van der Waals surface area contributed by atoms with E-state index in [-0.39, 0.29) is 17.4 Å². The second-order valence-corrected chi connectivity index (χ2v) is 9.71. The van der Waals surface area contributed by atoms with Crippen molar-refractivity contribution in [2.45, 2.75) is 4.90 Å². The van der Waals surface area contributed by atoms with Gasteiger partial charge in [0.1, 0.15) is 5.75 Å². The summed E-state index contributed by atoms with van der Waals surface area (Å²) in [4.78, 5) is 28.3. The summed E-state index contributed by atoms with van der Waals surface area (Å²) in [6.45, 7) is -0.258. The fourth-order valence-electron chi connectivity index (χ4n) is 2.57. The molecular weight excluding hydrogens is 454 g/mol. The maximum atomic E-state index is 12.6. The number of nitrogens with one attached hydrogen (secondary N) is 1. The van der Waals surface area contributed by atoms with Crippen LogP contribution >= 0.6 is 11.3 Å². The first-order chi connectivity index (χ1) is 15.2. The predicted molar refractivity (Wildman–Crippen MR) is 120 cm³/mol. The first-order valence-electron chi connectivity index (χ1n) is 9.30. The van der Waals surface area contributed by atoms with Gasteiger partial charge in [0, 0.05) is 30.6 Å². The van der Waals surface area contributed by atoms with Crippen LogP contribution in [-0.2, 0) is 19.6 Å². The van der Waals surface area contributed by atoms with Gasteiger partial charge in [0.15, 0.2) is 11.7 Å². The lowest BCUT2D eigenvalue weighted by Crippen LogP contribution is -2.22. The van der Waals surface area contributed by atoms with E-state index in [1.165, 1.54) is 50.7 Å². The van der Waals surface area contributed by atoms with Gasteiger partial charge in [-0.3, -0.25) is 10.1 Å². The lowest BCUT2D eigenvalue weighted by atomic mass is 10.2. The van der Waals surface area contributed by atoms with Crippen molar-refractivity contribution in [1.82, 2.24) is 9.29 Å². The van der Waals surface area contributed by atoms with Crippen molar-refractivity contribution in [3.8, 4) is 17.0 Å². The van der Waals surface area contributed by atoms with E-state index in [1.54, 1.807) is 35.7 Å². The largest absolute Gasteiger partial charge is 0.482 e. The zero-order chi connectivity index (χ0) is 23.3. The Morgan fingerprint density at radius 3 is 2.50 bits per heavy atom. The van der Waals surface area contributed by atoms with Crippen molar-refractivity contribution in [1.29, 1.82) is 0 Å². The molecule has 0 aliphatic heterocycles. The summed E-state index contributed by atoms with van der Waals surface area (Å²) in [5.41, 5.74) is 1.66. The standard InChI is InChI=1S/C21H21N3O6S2/c1-24(2)32(27,28)17-9-7-14(8-10-17)18-13-31-21(22-18)23-20(26)15-5-4-6-16(11-15)30-12-19(25)29-3/h4-11,13H,12H2,1-3H3,(H,22,23,26). The van der Waals surface area contributed by atoms with Crippen LogP contribution in [0.4, 0.5) is 5.13 Å². The molecule has 1 N–H and O–H groups in total. The molecule has 0 saturated carbocycles. The van der Waals surface area contributed by atoms with Crippen LogP contribution in [0.15, 0.2) is 58.8 Å². The fraction of sp³-hybridized carbons (Fsp3) is 0.190. The number of hydrogen-bond donors (Lipinski definition) is 1. The number of hydrogen-bond acceptors (Lipinski definition) is 8.